The minimum absolute atomic E-state index is 0.0455. The SMILES string of the molecule is COc1ccc2c(NCCNC(=O)CC(C)(C)CC(C)(C)CC(=O)NO)nc(N3CCCN(C)CC3)nc2c1. The Balaban J connectivity index is 1.62. The van der Waals surface area contributed by atoms with Crippen LogP contribution in [0, 0.1) is 10.8 Å². The first-order valence-corrected chi connectivity index (χ1v) is 13.6. The van der Waals surface area contributed by atoms with Gasteiger partial charge < -0.3 is 25.2 Å². The lowest BCUT2D eigenvalue weighted by Gasteiger charge is -2.34. The fraction of sp³-hybridized carbons (Fsp3) is 0.643. The van der Waals surface area contributed by atoms with E-state index in [1.165, 1.54) is 0 Å². The summed E-state index contributed by atoms with van der Waals surface area (Å²) < 4.78 is 5.42. The van der Waals surface area contributed by atoms with Crippen LogP contribution in [0.3, 0.4) is 0 Å². The molecule has 0 radical (unpaired) electrons. The van der Waals surface area contributed by atoms with Crippen LogP contribution in [0.25, 0.3) is 10.9 Å². The second kappa shape index (κ2) is 13.3. The van der Waals surface area contributed by atoms with Gasteiger partial charge in [-0.15, -0.1) is 0 Å². The highest BCUT2D eigenvalue weighted by molar-refractivity contribution is 5.91. The maximum atomic E-state index is 12.7. The van der Waals surface area contributed by atoms with Crippen LogP contribution < -0.4 is 25.8 Å². The van der Waals surface area contributed by atoms with Crippen LogP contribution >= 0.6 is 0 Å². The Morgan fingerprint density at radius 1 is 1.00 bits per heavy atom. The van der Waals surface area contributed by atoms with Gasteiger partial charge in [0.2, 0.25) is 17.8 Å². The van der Waals surface area contributed by atoms with Crippen molar-refractivity contribution in [3.8, 4) is 5.75 Å². The number of hydrogen-bond donors (Lipinski definition) is 4. The predicted molar refractivity (Wildman–Crippen MR) is 153 cm³/mol. The van der Waals surface area contributed by atoms with Gasteiger partial charge >= 0.3 is 0 Å². The quantitative estimate of drug-likeness (QED) is 0.181. The van der Waals surface area contributed by atoms with Gasteiger partial charge in [-0.1, -0.05) is 27.7 Å². The van der Waals surface area contributed by atoms with Crippen molar-refractivity contribution in [1.29, 1.82) is 0 Å². The molecule has 39 heavy (non-hydrogen) atoms. The lowest BCUT2D eigenvalue weighted by Crippen LogP contribution is -2.35. The van der Waals surface area contributed by atoms with Crippen LogP contribution in [0.2, 0.25) is 0 Å². The Hall–Kier alpha value is -3.18. The molecule has 1 saturated heterocycles. The number of fused-ring (bicyclic) bond motifs is 1. The smallest absolute Gasteiger partial charge is 0.243 e. The zero-order chi connectivity index (χ0) is 28.6. The molecule has 4 N–H and O–H groups in total. The lowest BCUT2D eigenvalue weighted by molar-refractivity contribution is -0.131. The molecule has 216 valence electrons. The van der Waals surface area contributed by atoms with Gasteiger partial charge in [0.25, 0.3) is 0 Å². The molecule has 11 nitrogen and oxygen atoms in total. The van der Waals surface area contributed by atoms with E-state index < -0.39 is 5.91 Å². The molecular formula is C28H45N7O4. The number of amides is 2. The van der Waals surface area contributed by atoms with Gasteiger partial charge in [0, 0.05) is 57.0 Å². The van der Waals surface area contributed by atoms with Gasteiger partial charge in [-0.2, -0.15) is 4.98 Å². The highest BCUT2D eigenvalue weighted by atomic mass is 16.5. The number of hydrogen-bond acceptors (Lipinski definition) is 9. The van der Waals surface area contributed by atoms with Crippen molar-refractivity contribution in [2.45, 2.75) is 53.4 Å². The fourth-order valence-corrected chi connectivity index (χ4v) is 5.52. The molecule has 0 saturated carbocycles. The van der Waals surface area contributed by atoms with E-state index in [0.717, 1.165) is 55.1 Å². The van der Waals surface area contributed by atoms with Crippen LogP contribution in [-0.4, -0.2) is 85.3 Å². The Morgan fingerprint density at radius 2 is 1.72 bits per heavy atom. The van der Waals surface area contributed by atoms with E-state index in [1.54, 1.807) is 12.6 Å². The minimum Gasteiger partial charge on any atom is -0.497 e. The normalized spacial score (nSPS) is 15.1. The molecule has 1 aliphatic rings. The highest BCUT2D eigenvalue weighted by Gasteiger charge is 2.32. The maximum Gasteiger partial charge on any atom is 0.243 e. The van der Waals surface area contributed by atoms with Crippen molar-refractivity contribution in [1.82, 2.24) is 25.7 Å². The number of nitrogens with one attached hydrogen (secondary N) is 3. The molecule has 0 unspecified atom stereocenters. The third-order valence-corrected chi connectivity index (χ3v) is 6.99. The monoisotopic (exact) mass is 543 g/mol. The molecule has 3 rings (SSSR count). The molecular weight excluding hydrogens is 498 g/mol. The van der Waals surface area contributed by atoms with E-state index in [1.807, 2.05) is 45.9 Å². The third-order valence-electron chi connectivity index (χ3n) is 6.99. The van der Waals surface area contributed by atoms with E-state index in [-0.39, 0.29) is 23.2 Å². The van der Waals surface area contributed by atoms with Gasteiger partial charge in [0.05, 0.1) is 12.6 Å². The molecule has 0 atom stereocenters. The fourth-order valence-electron chi connectivity index (χ4n) is 5.52. The number of rotatable bonds is 12. The first-order chi connectivity index (χ1) is 18.4. The molecule has 2 heterocycles. The lowest BCUT2D eigenvalue weighted by atomic mass is 9.71. The van der Waals surface area contributed by atoms with Crippen LogP contribution in [-0.2, 0) is 9.59 Å². The summed E-state index contributed by atoms with van der Waals surface area (Å²) in [6.45, 7) is 12.7. The molecule has 0 aliphatic carbocycles. The summed E-state index contributed by atoms with van der Waals surface area (Å²) in [7, 11) is 3.78. The Kier molecular flexibility index (Phi) is 10.3. The number of aromatic nitrogens is 2. The second-order valence-electron chi connectivity index (χ2n) is 12.1. The highest BCUT2D eigenvalue weighted by Crippen LogP contribution is 2.38. The van der Waals surface area contributed by atoms with E-state index in [4.69, 9.17) is 19.9 Å². The minimum atomic E-state index is -0.423. The van der Waals surface area contributed by atoms with Crippen molar-refractivity contribution >= 4 is 34.5 Å². The van der Waals surface area contributed by atoms with Gasteiger partial charge in [0.1, 0.15) is 11.6 Å². The van der Waals surface area contributed by atoms with Crippen LogP contribution in [0.5, 0.6) is 5.75 Å². The molecule has 0 spiro atoms. The number of nitrogens with zero attached hydrogens (tertiary/aromatic N) is 4. The number of carbonyl (C=O) groups excluding carboxylic acids is 2. The maximum absolute atomic E-state index is 12.7. The summed E-state index contributed by atoms with van der Waals surface area (Å²) in [6.07, 6.45) is 2.23. The molecule has 2 aromatic rings. The molecule has 1 aromatic heterocycles. The molecule has 1 aliphatic heterocycles. The van der Waals surface area contributed by atoms with Crippen LogP contribution in [0.4, 0.5) is 11.8 Å². The number of anilines is 2. The van der Waals surface area contributed by atoms with E-state index in [2.05, 4.69) is 27.5 Å². The summed E-state index contributed by atoms with van der Waals surface area (Å²) in [4.78, 5) is 38.6. The van der Waals surface area contributed by atoms with E-state index in [0.29, 0.717) is 31.9 Å². The van der Waals surface area contributed by atoms with Crippen molar-refractivity contribution in [3.05, 3.63) is 18.2 Å². The topological polar surface area (TPSA) is 132 Å². The Labute approximate surface area is 231 Å². The van der Waals surface area contributed by atoms with Gasteiger partial charge in [0.15, 0.2) is 0 Å². The summed E-state index contributed by atoms with van der Waals surface area (Å²) >= 11 is 0. The molecule has 1 aromatic carbocycles. The van der Waals surface area contributed by atoms with Crippen molar-refractivity contribution < 1.29 is 19.5 Å². The number of methoxy groups -OCH3 is 1. The number of likely N-dealkylation sites (N-methyl/N-ethyl adjacent to an activating group) is 1. The predicted octanol–water partition coefficient (Wildman–Crippen LogP) is 3.04. The third kappa shape index (κ3) is 9.21. The van der Waals surface area contributed by atoms with E-state index in [9.17, 15) is 9.59 Å². The van der Waals surface area contributed by atoms with Crippen molar-refractivity contribution in [3.63, 3.8) is 0 Å². The van der Waals surface area contributed by atoms with Crippen molar-refractivity contribution in [2.24, 2.45) is 10.8 Å². The second-order valence-corrected chi connectivity index (χ2v) is 12.1. The van der Waals surface area contributed by atoms with Gasteiger partial charge in [-0.3, -0.25) is 14.8 Å². The average molecular weight is 544 g/mol. The zero-order valence-corrected chi connectivity index (χ0v) is 24.3. The average Bonchev–Trinajstić information content (AvgIpc) is 3.08. The van der Waals surface area contributed by atoms with E-state index >= 15 is 0 Å². The summed E-state index contributed by atoms with van der Waals surface area (Å²) in [6, 6.07) is 5.77. The summed E-state index contributed by atoms with van der Waals surface area (Å²) in [5.41, 5.74) is 1.84. The molecule has 0 bridgehead atoms. The molecule has 2 amide bonds. The number of hydroxylamine groups is 1. The number of carbonyl (C=O) groups is 2. The molecule has 11 heteroatoms. The van der Waals surface area contributed by atoms with Gasteiger partial charge in [-0.25, -0.2) is 10.5 Å². The first kappa shape index (κ1) is 30.4. The number of benzene rings is 1. The largest absolute Gasteiger partial charge is 0.497 e. The van der Waals surface area contributed by atoms with Crippen LogP contribution in [0.15, 0.2) is 18.2 Å². The van der Waals surface area contributed by atoms with Gasteiger partial charge in [-0.05, 0) is 49.4 Å². The van der Waals surface area contributed by atoms with Crippen LogP contribution in [0.1, 0.15) is 53.4 Å². The number of ether oxygens (including phenoxy) is 1. The van der Waals surface area contributed by atoms with Crippen molar-refractivity contribution in [2.75, 3.05) is 63.6 Å². The Morgan fingerprint density at radius 3 is 2.41 bits per heavy atom. The zero-order valence-electron chi connectivity index (χ0n) is 24.3. The summed E-state index contributed by atoms with van der Waals surface area (Å²) in [5.74, 6) is 1.69. The molecule has 1 fully saturated rings. The summed E-state index contributed by atoms with van der Waals surface area (Å²) in [5, 5.41) is 16.1. The first-order valence-electron chi connectivity index (χ1n) is 13.6. The standard InChI is InChI=1S/C28H45N7O4/c1-27(2,19-28(3,4)18-24(37)33-38)17-23(36)29-10-11-30-25-21-9-8-20(39-6)16-22(21)31-26(32-25)35-13-7-12-34(5)14-15-35/h8-9,16,38H,7,10-15,17-19H2,1-6H3,(H,29,36)(H,33,37)(H,30,31,32). The Bertz CT molecular complexity index is 1140.